The number of rotatable bonds is 0. The predicted octanol–water partition coefficient (Wildman–Crippen LogP) is 3.15. The summed E-state index contributed by atoms with van der Waals surface area (Å²) in [6.07, 6.45) is 1.85. The Labute approximate surface area is 85.0 Å². The van der Waals surface area contributed by atoms with Gasteiger partial charge in [-0.3, -0.25) is 4.98 Å². The second-order valence-corrected chi connectivity index (χ2v) is 3.90. The van der Waals surface area contributed by atoms with Crippen LogP contribution >= 0.6 is 22.6 Å². The summed E-state index contributed by atoms with van der Waals surface area (Å²) in [6, 6.07) is 8.35. The van der Waals surface area contributed by atoms with Gasteiger partial charge in [-0.05, 0) is 47.0 Å². The fraction of sp³-hybridized carbons (Fsp3) is 0.100. The molecule has 0 bridgehead atoms. The molecule has 0 saturated carbocycles. The molecule has 1 heterocycles. The number of nitrogens with zero attached hydrogens (tertiary/aromatic N) is 1. The SMILES string of the molecule is Cc1nccc2cccc(I)c12. The van der Waals surface area contributed by atoms with Crippen LogP contribution in [-0.4, -0.2) is 4.98 Å². The second-order valence-electron chi connectivity index (χ2n) is 2.73. The van der Waals surface area contributed by atoms with E-state index < -0.39 is 0 Å². The Morgan fingerprint density at radius 2 is 2.08 bits per heavy atom. The summed E-state index contributed by atoms with van der Waals surface area (Å²) in [5, 5.41) is 2.55. The zero-order chi connectivity index (χ0) is 8.55. The zero-order valence-corrected chi connectivity index (χ0v) is 8.87. The number of hydrogen-bond donors (Lipinski definition) is 0. The third kappa shape index (κ3) is 1.20. The Balaban J connectivity index is 2.96. The Morgan fingerprint density at radius 3 is 2.83 bits per heavy atom. The van der Waals surface area contributed by atoms with E-state index in [2.05, 4.69) is 45.8 Å². The predicted molar refractivity (Wildman–Crippen MR) is 59.2 cm³/mol. The van der Waals surface area contributed by atoms with Crippen molar-refractivity contribution in [2.45, 2.75) is 6.92 Å². The van der Waals surface area contributed by atoms with Crippen molar-refractivity contribution in [3.8, 4) is 0 Å². The first kappa shape index (κ1) is 7.98. The molecule has 12 heavy (non-hydrogen) atoms. The molecule has 0 aliphatic carbocycles. The number of halogens is 1. The largest absolute Gasteiger partial charge is 0.261 e. The highest BCUT2D eigenvalue weighted by atomic mass is 127. The van der Waals surface area contributed by atoms with Gasteiger partial charge < -0.3 is 0 Å². The van der Waals surface area contributed by atoms with E-state index in [1.807, 2.05) is 19.2 Å². The van der Waals surface area contributed by atoms with Gasteiger partial charge in [-0.1, -0.05) is 12.1 Å². The molecule has 0 fully saturated rings. The van der Waals surface area contributed by atoms with E-state index in [-0.39, 0.29) is 0 Å². The molecule has 2 aromatic rings. The summed E-state index contributed by atoms with van der Waals surface area (Å²) in [6.45, 7) is 2.05. The van der Waals surface area contributed by atoms with Gasteiger partial charge in [0.05, 0.1) is 0 Å². The van der Waals surface area contributed by atoms with E-state index in [1.54, 1.807) is 0 Å². The monoisotopic (exact) mass is 269 g/mol. The number of aryl methyl sites for hydroxylation is 1. The first-order valence-corrected chi connectivity index (χ1v) is 4.87. The summed E-state index contributed by atoms with van der Waals surface area (Å²) in [5.41, 5.74) is 1.11. The first-order valence-electron chi connectivity index (χ1n) is 3.79. The molecular formula is C10H8IN. The highest BCUT2D eigenvalue weighted by Crippen LogP contribution is 2.21. The molecular weight excluding hydrogens is 261 g/mol. The third-order valence-electron chi connectivity index (χ3n) is 1.93. The van der Waals surface area contributed by atoms with E-state index in [4.69, 9.17) is 0 Å². The van der Waals surface area contributed by atoms with Crippen LogP contribution in [-0.2, 0) is 0 Å². The fourth-order valence-corrected chi connectivity index (χ4v) is 2.26. The van der Waals surface area contributed by atoms with Crippen LogP contribution in [0.2, 0.25) is 0 Å². The maximum atomic E-state index is 4.26. The van der Waals surface area contributed by atoms with Crippen molar-refractivity contribution in [3.05, 3.63) is 39.7 Å². The summed E-state index contributed by atoms with van der Waals surface area (Å²) in [7, 11) is 0. The number of fused-ring (bicyclic) bond motifs is 1. The Kier molecular flexibility index (Phi) is 2.00. The molecule has 1 aromatic carbocycles. The minimum atomic E-state index is 1.11. The lowest BCUT2D eigenvalue weighted by Crippen LogP contribution is -1.85. The molecule has 0 atom stereocenters. The van der Waals surface area contributed by atoms with Gasteiger partial charge in [-0.15, -0.1) is 0 Å². The van der Waals surface area contributed by atoms with Crippen LogP contribution in [0.3, 0.4) is 0 Å². The van der Waals surface area contributed by atoms with Crippen molar-refractivity contribution in [3.63, 3.8) is 0 Å². The topological polar surface area (TPSA) is 12.9 Å². The van der Waals surface area contributed by atoms with Gasteiger partial charge in [0, 0.05) is 20.8 Å². The maximum absolute atomic E-state index is 4.26. The highest BCUT2D eigenvalue weighted by Gasteiger charge is 2.00. The molecule has 1 aromatic heterocycles. The van der Waals surface area contributed by atoms with Crippen LogP contribution in [0.1, 0.15) is 5.69 Å². The van der Waals surface area contributed by atoms with Crippen LogP contribution in [0.25, 0.3) is 10.8 Å². The van der Waals surface area contributed by atoms with Gasteiger partial charge >= 0.3 is 0 Å². The average molecular weight is 269 g/mol. The third-order valence-corrected chi connectivity index (χ3v) is 2.83. The number of benzene rings is 1. The van der Waals surface area contributed by atoms with Crippen LogP contribution in [0.4, 0.5) is 0 Å². The Hall–Kier alpha value is -0.640. The summed E-state index contributed by atoms with van der Waals surface area (Å²) >= 11 is 2.34. The minimum absolute atomic E-state index is 1.11. The zero-order valence-electron chi connectivity index (χ0n) is 6.71. The van der Waals surface area contributed by atoms with Crippen molar-refractivity contribution in [1.82, 2.24) is 4.98 Å². The number of hydrogen-bond acceptors (Lipinski definition) is 1. The van der Waals surface area contributed by atoms with Crippen LogP contribution in [0, 0.1) is 10.5 Å². The van der Waals surface area contributed by atoms with Gasteiger partial charge in [0.25, 0.3) is 0 Å². The molecule has 0 aliphatic rings. The molecule has 0 aliphatic heterocycles. The minimum Gasteiger partial charge on any atom is -0.261 e. The number of aromatic nitrogens is 1. The van der Waals surface area contributed by atoms with Crippen LogP contribution in [0.15, 0.2) is 30.5 Å². The molecule has 2 rings (SSSR count). The molecule has 0 N–H and O–H groups in total. The van der Waals surface area contributed by atoms with Crippen LogP contribution < -0.4 is 0 Å². The van der Waals surface area contributed by atoms with Gasteiger partial charge in [-0.2, -0.15) is 0 Å². The lowest BCUT2D eigenvalue weighted by molar-refractivity contribution is 1.23. The quantitative estimate of drug-likeness (QED) is 0.669. The maximum Gasteiger partial charge on any atom is 0.0461 e. The Bertz CT molecular complexity index is 386. The van der Waals surface area contributed by atoms with Gasteiger partial charge in [0.15, 0.2) is 0 Å². The molecule has 0 amide bonds. The van der Waals surface area contributed by atoms with E-state index in [0.29, 0.717) is 0 Å². The van der Waals surface area contributed by atoms with Crippen LogP contribution in [0.5, 0.6) is 0 Å². The summed E-state index contributed by atoms with van der Waals surface area (Å²) < 4.78 is 1.27. The van der Waals surface area contributed by atoms with Crippen molar-refractivity contribution < 1.29 is 0 Å². The van der Waals surface area contributed by atoms with E-state index >= 15 is 0 Å². The van der Waals surface area contributed by atoms with Crippen molar-refractivity contribution >= 4 is 33.4 Å². The molecule has 0 saturated heterocycles. The van der Waals surface area contributed by atoms with Gasteiger partial charge in [0.1, 0.15) is 0 Å². The molecule has 1 nitrogen and oxygen atoms in total. The molecule has 60 valence electrons. The Morgan fingerprint density at radius 1 is 1.25 bits per heavy atom. The smallest absolute Gasteiger partial charge is 0.0461 e. The fourth-order valence-electron chi connectivity index (χ4n) is 1.36. The molecule has 2 heteroatoms. The van der Waals surface area contributed by atoms with Crippen molar-refractivity contribution in [1.29, 1.82) is 0 Å². The molecule has 0 spiro atoms. The lowest BCUT2D eigenvalue weighted by Gasteiger charge is -2.01. The normalized spacial score (nSPS) is 10.5. The second kappa shape index (κ2) is 3.01. The first-order chi connectivity index (χ1) is 5.79. The van der Waals surface area contributed by atoms with Gasteiger partial charge in [-0.25, -0.2) is 0 Å². The highest BCUT2D eigenvalue weighted by molar-refractivity contribution is 14.1. The average Bonchev–Trinajstić information content (AvgIpc) is 2.04. The number of pyridine rings is 1. The summed E-state index contributed by atoms with van der Waals surface area (Å²) in [5.74, 6) is 0. The van der Waals surface area contributed by atoms with Gasteiger partial charge in [0.2, 0.25) is 0 Å². The van der Waals surface area contributed by atoms with Crippen molar-refractivity contribution in [2.24, 2.45) is 0 Å². The van der Waals surface area contributed by atoms with E-state index in [1.165, 1.54) is 14.3 Å². The lowest BCUT2D eigenvalue weighted by atomic mass is 10.1. The molecule has 0 unspecified atom stereocenters. The van der Waals surface area contributed by atoms with E-state index in [9.17, 15) is 0 Å². The summed E-state index contributed by atoms with van der Waals surface area (Å²) in [4.78, 5) is 4.26. The van der Waals surface area contributed by atoms with E-state index in [0.717, 1.165) is 5.69 Å². The van der Waals surface area contributed by atoms with Crippen molar-refractivity contribution in [2.75, 3.05) is 0 Å². The standard InChI is InChI=1S/C10H8IN/c1-7-10-8(5-6-12-7)3-2-4-9(10)11/h2-6H,1H3. The molecule has 0 radical (unpaired) electrons.